The second kappa shape index (κ2) is 6.79. The van der Waals surface area contributed by atoms with Crippen LogP contribution in [0.25, 0.3) is 0 Å². The minimum atomic E-state index is -0.0246. The Kier molecular flexibility index (Phi) is 5.07. The SMILES string of the molecule is Cc1nc(N2CCC(OCCO)CC2)ncc1CO. The van der Waals surface area contributed by atoms with Gasteiger partial charge in [0.1, 0.15) is 0 Å². The highest BCUT2D eigenvalue weighted by atomic mass is 16.5. The lowest BCUT2D eigenvalue weighted by Gasteiger charge is -2.32. The molecule has 2 rings (SSSR count). The first-order valence-electron chi connectivity index (χ1n) is 6.65. The minimum absolute atomic E-state index is 0.0246. The topological polar surface area (TPSA) is 78.7 Å². The van der Waals surface area contributed by atoms with Crippen molar-refractivity contribution in [2.24, 2.45) is 0 Å². The quantitative estimate of drug-likeness (QED) is 0.796. The number of anilines is 1. The van der Waals surface area contributed by atoms with Gasteiger partial charge in [0, 0.05) is 30.5 Å². The summed E-state index contributed by atoms with van der Waals surface area (Å²) in [4.78, 5) is 10.9. The fourth-order valence-electron chi connectivity index (χ4n) is 2.23. The van der Waals surface area contributed by atoms with E-state index in [0.717, 1.165) is 43.1 Å². The van der Waals surface area contributed by atoms with Crippen molar-refractivity contribution in [1.82, 2.24) is 9.97 Å². The monoisotopic (exact) mass is 267 g/mol. The third-order valence-corrected chi connectivity index (χ3v) is 3.41. The molecule has 0 atom stereocenters. The molecule has 19 heavy (non-hydrogen) atoms. The number of aliphatic hydroxyl groups is 2. The second-order valence-corrected chi connectivity index (χ2v) is 4.72. The number of rotatable bonds is 5. The molecular formula is C13H21N3O3. The smallest absolute Gasteiger partial charge is 0.225 e. The zero-order chi connectivity index (χ0) is 13.7. The van der Waals surface area contributed by atoms with Crippen LogP contribution in [0.4, 0.5) is 5.95 Å². The summed E-state index contributed by atoms with van der Waals surface area (Å²) in [5, 5.41) is 17.8. The van der Waals surface area contributed by atoms with Crippen LogP contribution >= 0.6 is 0 Å². The molecule has 6 heteroatoms. The fraction of sp³-hybridized carbons (Fsp3) is 0.692. The van der Waals surface area contributed by atoms with Crippen LogP contribution in [0, 0.1) is 6.92 Å². The van der Waals surface area contributed by atoms with Crippen LogP contribution in [-0.2, 0) is 11.3 Å². The molecule has 0 radical (unpaired) electrons. The lowest BCUT2D eigenvalue weighted by atomic mass is 10.1. The van der Waals surface area contributed by atoms with E-state index in [4.69, 9.17) is 14.9 Å². The maximum Gasteiger partial charge on any atom is 0.225 e. The molecule has 0 saturated carbocycles. The molecular weight excluding hydrogens is 246 g/mol. The number of hydrogen-bond acceptors (Lipinski definition) is 6. The third-order valence-electron chi connectivity index (χ3n) is 3.41. The zero-order valence-corrected chi connectivity index (χ0v) is 11.2. The Morgan fingerprint density at radius 3 is 2.68 bits per heavy atom. The van der Waals surface area contributed by atoms with Gasteiger partial charge in [0.2, 0.25) is 5.95 Å². The van der Waals surface area contributed by atoms with Crippen molar-refractivity contribution in [3.63, 3.8) is 0 Å². The van der Waals surface area contributed by atoms with Crippen LogP contribution in [0.5, 0.6) is 0 Å². The van der Waals surface area contributed by atoms with Crippen molar-refractivity contribution in [3.8, 4) is 0 Å². The predicted octanol–water partition coefficient (Wildman–Crippen LogP) is 0.255. The number of ether oxygens (including phenoxy) is 1. The van der Waals surface area contributed by atoms with Gasteiger partial charge in [-0.15, -0.1) is 0 Å². The Labute approximate surface area is 113 Å². The van der Waals surface area contributed by atoms with Gasteiger partial charge in [0.05, 0.1) is 25.9 Å². The Bertz CT molecular complexity index is 406. The molecule has 0 amide bonds. The van der Waals surface area contributed by atoms with E-state index < -0.39 is 0 Å². The first kappa shape index (κ1) is 14.2. The van der Waals surface area contributed by atoms with Gasteiger partial charge in [-0.3, -0.25) is 0 Å². The van der Waals surface area contributed by atoms with E-state index in [2.05, 4.69) is 14.9 Å². The van der Waals surface area contributed by atoms with Gasteiger partial charge in [-0.05, 0) is 19.8 Å². The second-order valence-electron chi connectivity index (χ2n) is 4.72. The van der Waals surface area contributed by atoms with Gasteiger partial charge < -0.3 is 19.8 Å². The average molecular weight is 267 g/mol. The minimum Gasteiger partial charge on any atom is -0.394 e. The maximum absolute atomic E-state index is 9.11. The molecule has 1 aliphatic rings. The molecule has 0 aromatic carbocycles. The lowest BCUT2D eigenvalue weighted by Crippen LogP contribution is -2.38. The lowest BCUT2D eigenvalue weighted by molar-refractivity contribution is 0.0157. The molecule has 2 heterocycles. The molecule has 0 bridgehead atoms. The van der Waals surface area contributed by atoms with E-state index in [0.29, 0.717) is 6.61 Å². The fourth-order valence-corrected chi connectivity index (χ4v) is 2.23. The largest absolute Gasteiger partial charge is 0.394 e. The Morgan fingerprint density at radius 1 is 1.37 bits per heavy atom. The Balaban J connectivity index is 1.92. The summed E-state index contributed by atoms with van der Waals surface area (Å²) < 4.78 is 5.53. The maximum atomic E-state index is 9.11. The standard InChI is InChI=1S/C13H21N3O3/c1-10-11(9-18)8-14-13(15-10)16-4-2-12(3-5-16)19-7-6-17/h8,12,17-18H,2-7,9H2,1H3. The van der Waals surface area contributed by atoms with Gasteiger partial charge in [-0.2, -0.15) is 0 Å². The molecule has 1 aromatic heterocycles. The van der Waals surface area contributed by atoms with Crippen molar-refractivity contribution in [2.75, 3.05) is 31.2 Å². The summed E-state index contributed by atoms with van der Waals surface area (Å²) in [5.74, 6) is 0.718. The number of aryl methyl sites for hydroxylation is 1. The molecule has 6 nitrogen and oxygen atoms in total. The van der Waals surface area contributed by atoms with Gasteiger partial charge in [-0.1, -0.05) is 0 Å². The van der Waals surface area contributed by atoms with E-state index in [1.54, 1.807) is 6.20 Å². The molecule has 1 fully saturated rings. The van der Waals surface area contributed by atoms with Gasteiger partial charge in [0.25, 0.3) is 0 Å². The van der Waals surface area contributed by atoms with E-state index in [9.17, 15) is 0 Å². The number of aliphatic hydroxyl groups excluding tert-OH is 2. The van der Waals surface area contributed by atoms with Crippen LogP contribution in [-0.4, -0.2) is 52.6 Å². The molecule has 0 unspecified atom stereocenters. The molecule has 1 saturated heterocycles. The van der Waals surface area contributed by atoms with Crippen LogP contribution in [0.2, 0.25) is 0 Å². The predicted molar refractivity (Wildman–Crippen MR) is 71.0 cm³/mol. The van der Waals surface area contributed by atoms with E-state index in [-0.39, 0.29) is 19.3 Å². The highest BCUT2D eigenvalue weighted by molar-refractivity contribution is 5.33. The van der Waals surface area contributed by atoms with Crippen molar-refractivity contribution < 1.29 is 14.9 Å². The van der Waals surface area contributed by atoms with Gasteiger partial charge >= 0.3 is 0 Å². The first-order chi connectivity index (χ1) is 9.24. The van der Waals surface area contributed by atoms with Crippen molar-refractivity contribution in [1.29, 1.82) is 0 Å². The van der Waals surface area contributed by atoms with Crippen molar-refractivity contribution in [2.45, 2.75) is 32.5 Å². The molecule has 1 aromatic rings. The number of nitrogens with zero attached hydrogens (tertiary/aromatic N) is 3. The third kappa shape index (κ3) is 3.62. The van der Waals surface area contributed by atoms with Gasteiger partial charge in [-0.25, -0.2) is 9.97 Å². The van der Waals surface area contributed by atoms with E-state index in [1.807, 2.05) is 6.92 Å². The van der Waals surface area contributed by atoms with Gasteiger partial charge in [0.15, 0.2) is 0 Å². The van der Waals surface area contributed by atoms with Crippen molar-refractivity contribution >= 4 is 5.95 Å². The normalized spacial score (nSPS) is 16.9. The first-order valence-corrected chi connectivity index (χ1v) is 6.65. The summed E-state index contributed by atoms with van der Waals surface area (Å²) in [6.45, 7) is 4.05. The Hall–Kier alpha value is -1.24. The molecule has 0 spiro atoms. The summed E-state index contributed by atoms with van der Waals surface area (Å²) in [5.41, 5.74) is 1.59. The van der Waals surface area contributed by atoms with Crippen LogP contribution < -0.4 is 4.90 Å². The van der Waals surface area contributed by atoms with E-state index in [1.165, 1.54) is 0 Å². The van der Waals surface area contributed by atoms with Crippen LogP contribution in [0.3, 0.4) is 0 Å². The molecule has 1 aliphatic heterocycles. The highest BCUT2D eigenvalue weighted by Gasteiger charge is 2.21. The summed E-state index contributed by atoms with van der Waals surface area (Å²) in [6, 6.07) is 0. The molecule has 0 aliphatic carbocycles. The van der Waals surface area contributed by atoms with Crippen molar-refractivity contribution in [3.05, 3.63) is 17.5 Å². The Morgan fingerprint density at radius 2 is 2.11 bits per heavy atom. The summed E-state index contributed by atoms with van der Waals surface area (Å²) in [6.07, 6.45) is 3.75. The summed E-state index contributed by atoms with van der Waals surface area (Å²) in [7, 11) is 0. The van der Waals surface area contributed by atoms with Crippen LogP contribution in [0.1, 0.15) is 24.1 Å². The van der Waals surface area contributed by atoms with Crippen LogP contribution in [0.15, 0.2) is 6.20 Å². The summed E-state index contributed by atoms with van der Waals surface area (Å²) >= 11 is 0. The highest BCUT2D eigenvalue weighted by Crippen LogP contribution is 2.19. The number of aromatic nitrogens is 2. The average Bonchev–Trinajstić information content (AvgIpc) is 2.45. The number of piperidine rings is 1. The number of hydrogen-bond donors (Lipinski definition) is 2. The molecule has 106 valence electrons. The zero-order valence-electron chi connectivity index (χ0n) is 11.2. The molecule has 2 N–H and O–H groups in total. The van der Waals surface area contributed by atoms with E-state index >= 15 is 0 Å².